The molecule has 0 spiro atoms. The first kappa shape index (κ1) is 63.1. The Morgan fingerprint density at radius 2 is 0.934 bits per heavy atom. The first-order valence-electron chi connectivity index (χ1n) is 22.6. The van der Waals surface area contributed by atoms with E-state index in [0.29, 0.717) is 47.9 Å². The highest BCUT2D eigenvalue weighted by Gasteiger charge is 2.30. The summed E-state index contributed by atoms with van der Waals surface area (Å²) < 4.78 is 107. The van der Waals surface area contributed by atoms with E-state index in [1.165, 1.54) is 79.0 Å². The Hall–Kier alpha value is -7.18. The van der Waals surface area contributed by atoms with Crippen molar-refractivity contribution < 1.29 is 103 Å². The number of rotatable bonds is 28. The number of aromatic carboxylic acids is 2. The van der Waals surface area contributed by atoms with Crippen LogP contribution in [0.1, 0.15) is 68.1 Å². The molecule has 0 radical (unpaired) electrons. The van der Waals surface area contributed by atoms with Crippen molar-refractivity contribution in [3.63, 3.8) is 0 Å². The number of methoxy groups -OCH3 is 6. The predicted octanol–water partition coefficient (Wildman–Crippen LogP) is 4.19. The van der Waals surface area contributed by atoms with E-state index >= 15 is 0 Å². The van der Waals surface area contributed by atoms with Gasteiger partial charge in [0, 0.05) is 26.7 Å². The zero-order valence-corrected chi connectivity index (χ0v) is 45.0. The quantitative estimate of drug-likeness (QED) is 0.0264. The summed E-state index contributed by atoms with van der Waals surface area (Å²) in [5.74, 6) is -3.30. The van der Waals surface area contributed by atoms with Gasteiger partial charge in [0.1, 0.15) is 11.1 Å². The number of carboxylic acid groups (broad SMARTS) is 2. The van der Waals surface area contributed by atoms with Crippen molar-refractivity contribution in [2.75, 3.05) is 83.1 Å². The van der Waals surface area contributed by atoms with Gasteiger partial charge in [0.2, 0.25) is 11.5 Å². The van der Waals surface area contributed by atoms with Crippen LogP contribution in [0, 0.1) is 11.8 Å². The van der Waals surface area contributed by atoms with Crippen LogP contribution in [0.4, 0.5) is 0 Å². The second kappa shape index (κ2) is 28.6. The average Bonchev–Trinajstić information content (AvgIpc) is 3.38. The Labute approximate surface area is 439 Å². The highest BCUT2D eigenvalue weighted by atomic mass is 32.2. The van der Waals surface area contributed by atoms with E-state index in [1.54, 1.807) is 19.1 Å². The van der Waals surface area contributed by atoms with Gasteiger partial charge in [-0.1, -0.05) is 13.8 Å². The van der Waals surface area contributed by atoms with Gasteiger partial charge in [-0.2, -0.15) is 16.8 Å². The number of hydrogen-bond acceptors (Lipinski definition) is 22. The smallest absolute Gasteiger partial charge is 0.339 e. The van der Waals surface area contributed by atoms with Crippen LogP contribution in [0.2, 0.25) is 0 Å². The summed E-state index contributed by atoms with van der Waals surface area (Å²) in [5.41, 5.74) is 10.6. The molecular formula is C48H64N4O22S2. The van der Waals surface area contributed by atoms with E-state index in [4.69, 9.17) is 59.0 Å². The lowest BCUT2D eigenvalue weighted by atomic mass is 9.98. The van der Waals surface area contributed by atoms with Gasteiger partial charge in [-0.25, -0.2) is 19.2 Å². The van der Waals surface area contributed by atoms with Crippen LogP contribution in [0.25, 0.3) is 0 Å². The van der Waals surface area contributed by atoms with Crippen molar-refractivity contribution in [2.45, 2.75) is 48.6 Å². The summed E-state index contributed by atoms with van der Waals surface area (Å²) in [7, 11) is 1.98. The molecule has 26 nitrogen and oxygen atoms in total. The van der Waals surface area contributed by atoms with E-state index in [2.05, 4.69) is 0 Å². The minimum atomic E-state index is -4.76. The number of nitrogens with two attached hydrogens (primary N) is 2. The summed E-state index contributed by atoms with van der Waals surface area (Å²) >= 11 is 0. The largest absolute Gasteiger partial charge is 0.493 e. The van der Waals surface area contributed by atoms with Gasteiger partial charge in [-0.05, 0) is 85.3 Å². The summed E-state index contributed by atoms with van der Waals surface area (Å²) in [6.07, 6.45) is 0.813. The molecule has 4 aromatic rings. The van der Waals surface area contributed by atoms with Crippen molar-refractivity contribution in [1.82, 2.24) is 10.1 Å². The maximum atomic E-state index is 13.0. The number of ether oxygens (including phenoxy) is 8. The molecule has 420 valence electrons. The van der Waals surface area contributed by atoms with E-state index < -0.39 is 77.0 Å². The third kappa shape index (κ3) is 17.4. The molecule has 0 aliphatic rings. The molecule has 0 heterocycles. The Bertz CT molecular complexity index is 2840. The lowest BCUT2D eigenvalue weighted by Crippen LogP contribution is -2.47. The average molecular weight is 1110 g/mol. The van der Waals surface area contributed by atoms with Gasteiger partial charge in [0.15, 0.2) is 34.5 Å². The number of hydroxylamine groups is 4. The van der Waals surface area contributed by atoms with Crippen molar-refractivity contribution in [1.29, 1.82) is 0 Å². The van der Waals surface area contributed by atoms with Crippen LogP contribution >= 0.6 is 0 Å². The molecule has 28 heteroatoms. The molecule has 8 N–H and O–H groups in total. The molecule has 4 atom stereocenters. The highest BCUT2D eigenvalue weighted by Crippen LogP contribution is 2.40. The summed E-state index contributed by atoms with van der Waals surface area (Å²) in [4.78, 5) is 59.3. The van der Waals surface area contributed by atoms with Crippen LogP contribution in [0.15, 0.2) is 70.5 Å². The molecular weight excluding hydrogens is 1050 g/mol. The van der Waals surface area contributed by atoms with E-state index in [-0.39, 0.29) is 72.5 Å². The number of carbonyl (C=O) groups excluding carboxylic acids is 2. The van der Waals surface area contributed by atoms with Gasteiger partial charge in [0.05, 0.1) is 89.4 Å². The van der Waals surface area contributed by atoms with E-state index in [9.17, 15) is 55.3 Å². The van der Waals surface area contributed by atoms with Crippen LogP contribution in [-0.4, -0.2) is 165 Å². The van der Waals surface area contributed by atoms with Crippen LogP contribution in [-0.2, 0) is 29.7 Å². The maximum absolute atomic E-state index is 13.0. The van der Waals surface area contributed by atoms with Crippen molar-refractivity contribution in [2.24, 2.45) is 23.3 Å². The molecule has 4 unspecified atom stereocenters. The van der Waals surface area contributed by atoms with Crippen LogP contribution < -0.4 is 49.6 Å². The summed E-state index contributed by atoms with van der Waals surface area (Å²) in [6, 6.07) is 10.4. The molecule has 0 amide bonds. The van der Waals surface area contributed by atoms with Crippen LogP contribution in [0.5, 0.6) is 46.0 Å². The second-order valence-electron chi connectivity index (χ2n) is 16.5. The fraction of sp³-hybridized carbons (Fsp3) is 0.417. The number of likely N-dealkylation sites (N-methyl/N-ethyl adjacent to an activating group) is 2. The molecule has 0 bridgehead atoms. The number of nitrogens with zero attached hydrogens (tertiary/aromatic N) is 2. The molecule has 76 heavy (non-hydrogen) atoms. The van der Waals surface area contributed by atoms with E-state index in [1.807, 2.05) is 6.92 Å². The first-order valence-corrected chi connectivity index (χ1v) is 25.5. The number of benzene rings is 4. The monoisotopic (exact) mass is 1110 g/mol. The molecule has 0 aromatic heterocycles. The fourth-order valence-electron chi connectivity index (χ4n) is 7.06. The molecule has 0 aliphatic heterocycles. The minimum absolute atomic E-state index is 0.0982. The topological polar surface area (TPSA) is 368 Å². The summed E-state index contributed by atoms with van der Waals surface area (Å²) in [6.45, 7) is 4.12. The van der Waals surface area contributed by atoms with Crippen molar-refractivity contribution >= 4 is 44.1 Å². The summed E-state index contributed by atoms with van der Waals surface area (Å²) in [5, 5.41) is 21.8. The number of hydrogen-bond donors (Lipinski definition) is 6. The van der Waals surface area contributed by atoms with Gasteiger partial charge in [-0.15, -0.1) is 10.1 Å². The zero-order chi connectivity index (χ0) is 57.2. The first-order chi connectivity index (χ1) is 35.7. The minimum Gasteiger partial charge on any atom is -0.493 e. The molecule has 0 fully saturated rings. The van der Waals surface area contributed by atoms with Crippen molar-refractivity contribution in [3.05, 3.63) is 82.9 Å². The number of esters is 2. The Kier molecular flexibility index (Phi) is 23.8. The molecule has 0 saturated carbocycles. The second-order valence-corrected chi connectivity index (χ2v) is 19.4. The van der Waals surface area contributed by atoms with Crippen LogP contribution in [0.3, 0.4) is 0 Å². The Balaban J connectivity index is 0.000000551. The standard InChI is InChI=1S/C32H38N2O17S2.C16H26N2O5/c1-18(11-12-49-32(39)19-13-27(46-4)29(48-6)28(14-19)47-5)24(34(3)51-26-10-8-21(53(43,44)45)16-23(26)31(37)38)17-33(2)50-25-9-7-20(52(40,41)42)15-22(25)30(35)36;1-10(12(18)9-17)5-6-23-16(19)11-7-13(20-2)15(22-4)14(8-11)21-3/h7-10,13-16,18,24H,11-12,17H2,1-6H3,(H,35,36)(H,37,38)(H,40,41,42)(H,43,44,45);7-8,10,12H,5-6,9,17-18H2,1-4H3. The van der Waals surface area contributed by atoms with E-state index in [0.717, 1.165) is 24.3 Å². The molecule has 4 aromatic carbocycles. The zero-order valence-electron chi connectivity index (χ0n) is 43.3. The maximum Gasteiger partial charge on any atom is 0.339 e. The van der Waals surface area contributed by atoms with Gasteiger partial charge in [0.25, 0.3) is 20.2 Å². The lowest BCUT2D eigenvalue weighted by molar-refractivity contribution is -0.129. The van der Waals surface area contributed by atoms with Crippen molar-refractivity contribution in [3.8, 4) is 46.0 Å². The van der Waals surface area contributed by atoms with Gasteiger partial charge < -0.3 is 69.3 Å². The fourth-order valence-corrected chi connectivity index (χ4v) is 8.07. The Morgan fingerprint density at radius 3 is 1.26 bits per heavy atom. The third-order valence-electron chi connectivity index (χ3n) is 11.4. The number of carboxylic acids is 2. The molecule has 0 saturated heterocycles. The highest BCUT2D eigenvalue weighted by molar-refractivity contribution is 7.86. The third-order valence-corrected chi connectivity index (χ3v) is 13.1. The molecule has 0 aliphatic carbocycles. The predicted molar refractivity (Wildman–Crippen MR) is 269 cm³/mol. The lowest BCUT2D eigenvalue weighted by Gasteiger charge is -2.34. The van der Waals surface area contributed by atoms with Gasteiger partial charge >= 0.3 is 23.9 Å². The molecule has 4 rings (SSSR count). The van der Waals surface area contributed by atoms with Gasteiger partial charge in [-0.3, -0.25) is 9.11 Å². The Morgan fingerprint density at radius 1 is 0.566 bits per heavy atom. The number of carbonyl (C=O) groups is 4. The normalized spacial score (nSPS) is 12.9. The SMILES string of the molecule is COc1cc(C(=O)OCCC(C)C(CN(C)Oc2ccc(S(=O)(=O)O)cc2C(=O)O)N(C)Oc2ccc(S(=O)(=O)O)cc2C(=O)O)cc(OC)c1OC.COc1cc(C(=O)OCCC(C)C(N)CN)cc(OC)c1OC.